The number of hydrogen-bond donors (Lipinski definition) is 2. The average Bonchev–Trinajstić information content (AvgIpc) is 2.63. The maximum Gasteiger partial charge on any atom is 0.241 e. The Morgan fingerprint density at radius 3 is 2.26 bits per heavy atom. The molecular formula is C20H27N3O3S. The summed E-state index contributed by atoms with van der Waals surface area (Å²) in [4.78, 5) is 14.6. The van der Waals surface area contributed by atoms with E-state index >= 15 is 0 Å². The molecule has 27 heavy (non-hydrogen) atoms. The number of anilines is 2. The number of rotatable bonds is 8. The third kappa shape index (κ3) is 5.30. The Morgan fingerprint density at radius 1 is 1.00 bits per heavy atom. The third-order valence-corrected chi connectivity index (χ3v) is 5.98. The largest absolute Gasteiger partial charge is 0.372 e. The maximum atomic E-state index is 12.4. The quantitative estimate of drug-likeness (QED) is 0.727. The van der Waals surface area contributed by atoms with Crippen LogP contribution in [0.5, 0.6) is 0 Å². The molecule has 0 unspecified atom stereocenters. The second-order valence-corrected chi connectivity index (χ2v) is 8.05. The minimum Gasteiger partial charge on any atom is -0.372 e. The Hall–Kier alpha value is -2.38. The average molecular weight is 390 g/mol. The predicted octanol–water partition coefficient (Wildman–Crippen LogP) is 3.07. The molecule has 0 aliphatic carbocycles. The lowest BCUT2D eigenvalue weighted by molar-refractivity contribution is -0.115. The van der Waals surface area contributed by atoms with Crippen LogP contribution in [-0.4, -0.2) is 34.0 Å². The zero-order valence-electron chi connectivity index (χ0n) is 16.2. The van der Waals surface area contributed by atoms with Crippen molar-refractivity contribution in [1.29, 1.82) is 0 Å². The lowest BCUT2D eigenvalue weighted by Crippen LogP contribution is -2.33. The van der Waals surface area contributed by atoms with E-state index in [0.29, 0.717) is 11.3 Å². The second-order valence-electron chi connectivity index (χ2n) is 6.31. The number of aryl methyl sites for hydroxylation is 2. The molecule has 0 atom stereocenters. The lowest BCUT2D eigenvalue weighted by Gasteiger charge is -2.22. The van der Waals surface area contributed by atoms with Crippen LogP contribution >= 0.6 is 0 Å². The first kappa shape index (κ1) is 20.9. The van der Waals surface area contributed by atoms with E-state index in [4.69, 9.17) is 0 Å². The smallest absolute Gasteiger partial charge is 0.241 e. The van der Waals surface area contributed by atoms with Gasteiger partial charge in [0.1, 0.15) is 0 Å². The molecule has 1 amide bonds. The molecule has 6 nitrogen and oxygen atoms in total. The molecule has 0 fully saturated rings. The van der Waals surface area contributed by atoms with Crippen molar-refractivity contribution in [3.63, 3.8) is 0 Å². The van der Waals surface area contributed by atoms with Gasteiger partial charge in [-0.15, -0.1) is 0 Å². The summed E-state index contributed by atoms with van der Waals surface area (Å²) in [5.41, 5.74) is 3.32. The highest BCUT2D eigenvalue weighted by Gasteiger charge is 2.17. The number of carbonyl (C=O) groups excluding carboxylic acids is 1. The number of nitrogens with one attached hydrogen (secondary N) is 2. The van der Waals surface area contributed by atoms with Gasteiger partial charge in [-0.05, 0) is 63.1 Å². The van der Waals surface area contributed by atoms with Crippen molar-refractivity contribution in [2.24, 2.45) is 0 Å². The minimum atomic E-state index is -3.73. The summed E-state index contributed by atoms with van der Waals surface area (Å²) < 4.78 is 27.1. The fraction of sp³-hybridized carbons (Fsp3) is 0.350. The standard InChI is InChI=1S/C20H27N3O3S/c1-5-23(6-2)17-11-12-18(16(4)13-17)22-20(24)14-21-27(25,26)19-10-8-7-9-15(19)3/h7-13,21H,5-6,14H2,1-4H3,(H,22,24). The molecular weight excluding hydrogens is 362 g/mol. The Kier molecular flexibility index (Phi) is 6.98. The van der Waals surface area contributed by atoms with Crippen molar-refractivity contribution < 1.29 is 13.2 Å². The first-order valence-corrected chi connectivity index (χ1v) is 10.5. The van der Waals surface area contributed by atoms with Gasteiger partial charge >= 0.3 is 0 Å². The lowest BCUT2D eigenvalue weighted by atomic mass is 10.1. The second kappa shape index (κ2) is 9.01. The molecule has 7 heteroatoms. The molecule has 0 aliphatic rings. The Balaban J connectivity index is 2.03. The van der Waals surface area contributed by atoms with Crippen LogP contribution in [-0.2, 0) is 14.8 Å². The number of amides is 1. The monoisotopic (exact) mass is 389 g/mol. The van der Waals surface area contributed by atoms with E-state index < -0.39 is 15.9 Å². The van der Waals surface area contributed by atoms with E-state index in [1.807, 2.05) is 25.1 Å². The Morgan fingerprint density at radius 2 is 1.67 bits per heavy atom. The zero-order chi connectivity index (χ0) is 20.0. The topological polar surface area (TPSA) is 78.5 Å². The molecule has 0 saturated heterocycles. The zero-order valence-corrected chi connectivity index (χ0v) is 17.1. The Bertz CT molecular complexity index is 906. The Labute approximate surface area is 161 Å². The van der Waals surface area contributed by atoms with Crippen molar-refractivity contribution in [3.05, 3.63) is 53.6 Å². The van der Waals surface area contributed by atoms with Crippen molar-refractivity contribution in [2.75, 3.05) is 29.9 Å². The number of hydrogen-bond acceptors (Lipinski definition) is 4. The van der Waals surface area contributed by atoms with Gasteiger partial charge < -0.3 is 10.2 Å². The number of carbonyl (C=O) groups is 1. The third-order valence-electron chi connectivity index (χ3n) is 4.42. The summed E-state index contributed by atoms with van der Waals surface area (Å²) in [5, 5.41) is 2.77. The normalized spacial score (nSPS) is 11.3. The van der Waals surface area contributed by atoms with Gasteiger partial charge in [0.05, 0.1) is 11.4 Å². The van der Waals surface area contributed by atoms with Crippen LogP contribution in [0.1, 0.15) is 25.0 Å². The summed E-state index contributed by atoms with van der Waals surface area (Å²) in [6, 6.07) is 12.5. The fourth-order valence-corrected chi connectivity index (χ4v) is 4.09. The molecule has 0 heterocycles. The van der Waals surface area contributed by atoms with Gasteiger partial charge in [0.15, 0.2) is 0 Å². The van der Waals surface area contributed by atoms with E-state index in [2.05, 4.69) is 28.8 Å². The highest BCUT2D eigenvalue weighted by atomic mass is 32.2. The molecule has 2 aromatic carbocycles. The fourth-order valence-electron chi connectivity index (χ4n) is 2.86. The summed E-state index contributed by atoms with van der Waals surface area (Å²) in [6.45, 7) is 9.30. The van der Waals surface area contributed by atoms with Crippen LogP contribution < -0.4 is 14.9 Å². The van der Waals surface area contributed by atoms with Crippen molar-refractivity contribution >= 4 is 27.3 Å². The van der Waals surface area contributed by atoms with Crippen LogP contribution in [0.2, 0.25) is 0 Å². The molecule has 0 radical (unpaired) electrons. The van der Waals surface area contributed by atoms with Crippen molar-refractivity contribution in [1.82, 2.24) is 4.72 Å². The highest BCUT2D eigenvalue weighted by Crippen LogP contribution is 2.22. The van der Waals surface area contributed by atoms with Crippen molar-refractivity contribution in [2.45, 2.75) is 32.6 Å². The summed E-state index contributed by atoms with van der Waals surface area (Å²) in [5.74, 6) is -0.411. The maximum absolute atomic E-state index is 12.4. The van der Waals surface area contributed by atoms with E-state index in [1.54, 1.807) is 25.1 Å². The predicted molar refractivity (Wildman–Crippen MR) is 110 cm³/mol. The van der Waals surface area contributed by atoms with Crippen LogP contribution in [0.15, 0.2) is 47.4 Å². The number of sulfonamides is 1. The van der Waals surface area contributed by atoms with Crippen LogP contribution in [0.4, 0.5) is 11.4 Å². The first-order valence-electron chi connectivity index (χ1n) is 8.99. The van der Waals surface area contributed by atoms with Gasteiger partial charge in [0, 0.05) is 24.5 Å². The molecule has 2 aromatic rings. The van der Waals surface area contributed by atoms with Crippen LogP contribution in [0.3, 0.4) is 0 Å². The molecule has 146 valence electrons. The van der Waals surface area contributed by atoms with Gasteiger partial charge in [0.2, 0.25) is 15.9 Å². The first-order chi connectivity index (χ1) is 12.8. The summed E-state index contributed by atoms with van der Waals surface area (Å²) >= 11 is 0. The SMILES string of the molecule is CCN(CC)c1ccc(NC(=O)CNS(=O)(=O)c2ccccc2C)c(C)c1. The van der Waals surface area contributed by atoms with Crippen LogP contribution in [0.25, 0.3) is 0 Å². The molecule has 0 saturated carbocycles. The molecule has 0 spiro atoms. The van der Waals surface area contributed by atoms with E-state index in [-0.39, 0.29) is 11.4 Å². The van der Waals surface area contributed by atoms with Gasteiger partial charge in [-0.3, -0.25) is 4.79 Å². The minimum absolute atomic E-state index is 0.178. The number of nitrogens with zero attached hydrogens (tertiary/aromatic N) is 1. The number of benzene rings is 2. The molecule has 0 bridgehead atoms. The van der Waals surface area contributed by atoms with E-state index in [9.17, 15) is 13.2 Å². The van der Waals surface area contributed by atoms with E-state index in [0.717, 1.165) is 24.3 Å². The summed E-state index contributed by atoms with van der Waals surface area (Å²) in [7, 11) is -3.73. The van der Waals surface area contributed by atoms with Crippen LogP contribution in [0, 0.1) is 13.8 Å². The molecule has 2 N–H and O–H groups in total. The van der Waals surface area contributed by atoms with Gasteiger partial charge in [-0.2, -0.15) is 0 Å². The summed E-state index contributed by atoms with van der Waals surface area (Å²) in [6.07, 6.45) is 0. The molecule has 0 aromatic heterocycles. The van der Waals surface area contributed by atoms with Gasteiger partial charge in [-0.1, -0.05) is 18.2 Å². The molecule has 0 aliphatic heterocycles. The molecule has 2 rings (SSSR count). The van der Waals surface area contributed by atoms with Gasteiger partial charge in [0.25, 0.3) is 0 Å². The van der Waals surface area contributed by atoms with Crippen molar-refractivity contribution in [3.8, 4) is 0 Å². The van der Waals surface area contributed by atoms with Gasteiger partial charge in [-0.25, -0.2) is 13.1 Å². The van der Waals surface area contributed by atoms with E-state index in [1.165, 1.54) is 6.07 Å². The highest BCUT2D eigenvalue weighted by molar-refractivity contribution is 7.89.